The first-order chi connectivity index (χ1) is 11.7. The molecule has 1 N–H and O–H groups in total. The van der Waals surface area contributed by atoms with Gasteiger partial charge in [0.05, 0.1) is 17.2 Å². The van der Waals surface area contributed by atoms with Crippen LogP contribution >= 0.6 is 11.3 Å². The lowest BCUT2D eigenvalue weighted by molar-refractivity contribution is -0.121. The molecule has 1 atom stereocenters. The Balaban J connectivity index is 1.49. The van der Waals surface area contributed by atoms with Gasteiger partial charge in [0.25, 0.3) is 0 Å². The van der Waals surface area contributed by atoms with Crippen molar-refractivity contribution in [3.05, 3.63) is 46.5 Å². The molecule has 0 radical (unpaired) electrons. The van der Waals surface area contributed by atoms with Crippen LogP contribution in [0.15, 0.2) is 40.3 Å². The fourth-order valence-corrected chi connectivity index (χ4v) is 3.72. The molecule has 0 bridgehead atoms. The van der Waals surface area contributed by atoms with Gasteiger partial charge in [-0.2, -0.15) is 0 Å². The molecule has 0 aromatic carbocycles. The Morgan fingerprint density at radius 2 is 2.04 bits per heavy atom. The third kappa shape index (κ3) is 4.33. The van der Waals surface area contributed by atoms with Crippen LogP contribution in [0, 0.1) is 0 Å². The van der Waals surface area contributed by atoms with Crippen molar-refractivity contribution in [3.8, 4) is 0 Å². The lowest BCUT2D eigenvalue weighted by Gasteiger charge is -2.26. The maximum absolute atomic E-state index is 12.1. The van der Waals surface area contributed by atoms with Gasteiger partial charge in [0, 0.05) is 19.4 Å². The third-order valence-electron chi connectivity index (χ3n) is 4.32. The Morgan fingerprint density at radius 1 is 1.21 bits per heavy atom. The van der Waals surface area contributed by atoms with Gasteiger partial charge in [-0.1, -0.05) is 6.07 Å². The van der Waals surface area contributed by atoms with E-state index in [1.54, 1.807) is 12.3 Å². The lowest BCUT2D eigenvalue weighted by Crippen LogP contribution is -2.36. The summed E-state index contributed by atoms with van der Waals surface area (Å²) in [5.74, 6) is 0.824. The highest BCUT2D eigenvalue weighted by Crippen LogP contribution is 2.24. The van der Waals surface area contributed by atoms with Gasteiger partial charge >= 0.3 is 0 Å². The molecule has 5 nitrogen and oxygen atoms in total. The van der Waals surface area contributed by atoms with E-state index in [-0.39, 0.29) is 30.6 Å². The molecule has 0 saturated carbocycles. The smallest absolute Gasteiger partial charge is 0.220 e. The molecule has 0 aliphatic carbocycles. The largest absolute Gasteiger partial charge is 0.468 e. The summed E-state index contributed by atoms with van der Waals surface area (Å²) in [6, 6.07) is 7.54. The van der Waals surface area contributed by atoms with Gasteiger partial charge in [-0.25, -0.2) is 0 Å². The van der Waals surface area contributed by atoms with Gasteiger partial charge in [0.15, 0.2) is 5.78 Å². The first kappa shape index (κ1) is 16.9. The minimum atomic E-state index is -0.0874. The molecule has 3 rings (SSSR count). The van der Waals surface area contributed by atoms with E-state index in [4.69, 9.17) is 4.42 Å². The van der Waals surface area contributed by atoms with Crippen LogP contribution in [0.25, 0.3) is 0 Å². The fourth-order valence-electron chi connectivity index (χ4n) is 3.03. The maximum atomic E-state index is 12.1. The number of hydrogen-bond acceptors (Lipinski definition) is 5. The van der Waals surface area contributed by atoms with Crippen LogP contribution in [0.2, 0.25) is 0 Å². The van der Waals surface area contributed by atoms with Crippen molar-refractivity contribution in [1.82, 2.24) is 10.2 Å². The van der Waals surface area contributed by atoms with Crippen LogP contribution in [0.4, 0.5) is 0 Å². The Morgan fingerprint density at radius 3 is 2.71 bits per heavy atom. The molecule has 2 aromatic rings. The van der Waals surface area contributed by atoms with E-state index in [0.29, 0.717) is 11.4 Å². The minimum absolute atomic E-state index is 0.0299. The molecule has 0 spiro atoms. The molecular formula is C18H22N2O3S. The summed E-state index contributed by atoms with van der Waals surface area (Å²) < 4.78 is 5.54. The number of thiophene rings is 1. The van der Waals surface area contributed by atoms with E-state index in [1.807, 2.05) is 23.6 Å². The van der Waals surface area contributed by atoms with Crippen molar-refractivity contribution in [2.24, 2.45) is 0 Å². The SMILES string of the molecule is O=C(CCC(=O)c1cccs1)NC[C@@H](c1ccco1)N1CCCC1. The van der Waals surface area contributed by atoms with E-state index in [1.165, 1.54) is 24.2 Å². The number of furan rings is 1. The van der Waals surface area contributed by atoms with Gasteiger partial charge in [-0.15, -0.1) is 11.3 Å². The molecule has 24 heavy (non-hydrogen) atoms. The monoisotopic (exact) mass is 346 g/mol. The second kappa shape index (κ2) is 8.26. The molecule has 3 heterocycles. The predicted molar refractivity (Wildman–Crippen MR) is 93.1 cm³/mol. The maximum Gasteiger partial charge on any atom is 0.220 e. The summed E-state index contributed by atoms with van der Waals surface area (Å²) in [6.07, 6.45) is 4.50. The summed E-state index contributed by atoms with van der Waals surface area (Å²) in [5.41, 5.74) is 0. The average Bonchev–Trinajstić information content (AvgIpc) is 3.35. The van der Waals surface area contributed by atoms with Gasteiger partial charge in [0.2, 0.25) is 5.91 Å². The molecule has 1 fully saturated rings. The Kier molecular flexibility index (Phi) is 5.82. The molecule has 1 aliphatic heterocycles. The van der Waals surface area contributed by atoms with Crippen LogP contribution in [0.5, 0.6) is 0 Å². The molecule has 1 aliphatic rings. The normalized spacial score (nSPS) is 16.2. The van der Waals surface area contributed by atoms with Crippen LogP contribution in [-0.4, -0.2) is 36.2 Å². The molecule has 0 unspecified atom stereocenters. The van der Waals surface area contributed by atoms with E-state index in [2.05, 4.69) is 10.2 Å². The predicted octanol–water partition coefficient (Wildman–Crippen LogP) is 3.26. The molecule has 2 aromatic heterocycles. The van der Waals surface area contributed by atoms with Gasteiger partial charge in [-0.3, -0.25) is 14.5 Å². The number of ketones is 1. The van der Waals surface area contributed by atoms with Gasteiger partial charge in [-0.05, 0) is 49.5 Å². The van der Waals surface area contributed by atoms with Crippen molar-refractivity contribution < 1.29 is 14.0 Å². The second-order valence-corrected chi connectivity index (χ2v) is 6.93. The third-order valence-corrected chi connectivity index (χ3v) is 5.23. The second-order valence-electron chi connectivity index (χ2n) is 5.98. The number of nitrogens with one attached hydrogen (secondary N) is 1. The Bertz CT molecular complexity index is 646. The van der Waals surface area contributed by atoms with E-state index < -0.39 is 0 Å². The molecule has 128 valence electrons. The number of nitrogens with zero attached hydrogens (tertiary/aromatic N) is 1. The van der Waals surface area contributed by atoms with Crippen molar-refractivity contribution in [1.29, 1.82) is 0 Å². The van der Waals surface area contributed by atoms with E-state index in [0.717, 1.165) is 18.8 Å². The molecule has 6 heteroatoms. The van der Waals surface area contributed by atoms with Crippen LogP contribution in [0.1, 0.15) is 47.2 Å². The molecule has 1 amide bonds. The first-order valence-corrected chi connectivity index (χ1v) is 9.23. The zero-order valence-corrected chi connectivity index (χ0v) is 14.4. The summed E-state index contributed by atoms with van der Waals surface area (Å²) in [5, 5.41) is 4.83. The van der Waals surface area contributed by atoms with Gasteiger partial charge < -0.3 is 9.73 Å². The molecular weight excluding hydrogens is 324 g/mol. The Hall–Kier alpha value is -1.92. The van der Waals surface area contributed by atoms with E-state index in [9.17, 15) is 9.59 Å². The highest BCUT2D eigenvalue weighted by molar-refractivity contribution is 7.12. The highest BCUT2D eigenvalue weighted by Gasteiger charge is 2.25. The first-order valence-electron chi connectivity index (χ1n) is 8.35. The van der Waals surface area contributed by atoms with Crippen molar-refractivity contribution >= 4 is 23.0 Å². The van der Waals surface area contributed by atoms with Crippen molar-refractivity contribution in [2.75, 3.05) is 19.6 Å². The summed E-state index contributed by atoms with van der Waals surface area (Å²) in [6.45, 7) is 2.57. The number of rotatable bonds is 8. The number of amides is 1. The number of carbonyl (C=O) groups is 2. The number of likely N-dealkylation sites (tertiary alicyclic amines) is 1. The van der Waals surface area contributed by atoms with Crippen molar-refractivity contribution in [3.63, 3.8) is 0 Å². The average molecular weight is 346 g/mol. The summed E-state index contributed by atoms with van der Waals surface area (Å²) in [7, 11) is 0. The van der Waals surface area contributed by atoms with Crippen LogP contribution < -0.4 is 5.32 Å². The topological polar surface area (TPSA) is 62.6 Å². The lowest BCUT2D eigenvalue weighted by atomic mass is 10.1. The van der Waals surface area contributed by atoms with E-state index >= 15 is 0 Å². The summed E-state index contributed by atoms with van der Waals surface area (Å²) in [4.78, 5) is 27.1. The van der Waals surface area contributed by atoms with Crippen LogP contribution in [-0.2, 0) is 4.79 Å². The number of carbonyl (C=O) groups excluding carboxylic acids is 2. The standard InChI is InChI=1S/C18H22N2O3S/c21-15(17-6-4-12-24-17)7-8-18(22)19-13-14(16-5-3-11-23-16)20-9-1-2-10-20/h3-6,11-12,14H,1-2,7-10,13H2,(H,19,22)/t14-/m0/s1. The van der Waals surface area contributed by atoms with Crippen molar-refractivity contribution in [2.45, 2.75) is 31.7 Å². The fraction of sp³-hybridized carbons (Fsp3) is 0.444. The minimum Gasteiger partial charge on any atom is -0.468 e. The Labute approximate surface area is 145 Å². The zero-order valence-electron chi connectivity index (χ0n) is 13.6. The number of hydrogen-bond donors (Lipinski definition) is 1. The van der Waals surface area contributed by atoms with Gasteiger partial charge in [0.1, 0.15) is 5.76 Å². The highest BCUT2D eigenvalue weighted by atomic mass is 32.1. The molecule has 1 saturated heterocycles. The summed E-state index contributed by atoms with van der Waals surface area (Å²) >= 11 is 1.42. The quantitative estimate of drug-likeness (QED) is 0.745. The van der Waals surface area contributed by atoms with Crippen LogP contribution in [0.3, 0.4) is 0 Å². The zero-order chi connectivity index (χ0) is 16.8. The number of Topliss-reactive ketones (excluding diaryl/α,β-unsaturated/α-hetero) is 1.